The third kappa shape index (κ3) is 3.71. The number of methoxy groups -OCH3 is 2. The smallest absolute Gasteiger partial charge is 0.261 e. The van der Waals surface area contributed by atoms with Gasteiger partial charge in [0.05, 0.1) is 19.8 Å². The van der Waals surface area contributed by atoms with Gasteiger partial charge in [-0.25, -0.2) is 4.98 Å². The molecule has 0 amide bonds. The average molecular weight is 381 g/mol. The molecule has 0 radical (unpaired) electrons. The quantitative estimate of drug-likeness (QED) is 0.697. The number of nitrogens with one attached hydrogen (secondary N) is 1. The molecule has 28 heavy (non-hydrogen) atoms. The maximum Gasteiger partial charge on any atom is 0.261 e. The van der Waals surface area contributed by atoms with Gasteiger partial charge in [-0.3, -0.25) is 0 Å². The van der Waals surface area contributed by atoms with Gasteiger partial charge in [0.15, 0.2) is 5.82 Å². The molecule has 2 aromatic heterocycles. The lowest BCUT2D eigenvalue weighted by atomic mass is 10.2. The lowest BCUT2D eigenvalue weighted by Gasteiger charge is -2.21. The summed E-state index contributed by atoms with van der Waals surface area (Å²) in [5, 5.41) is 7.41. The fourth-order valence-electron chi connectivity index (χ4n) is 3.38. The summed E-state index contributed by atoms with van der Waals surface area (Å²) in [6.07, 6.45) is 2.74. The van der Waals surface area contributed by atoms with E-state index in [-0.39, 0.29) is 6.04 Å². The van der Waals surface area contributed by atoms with Crippen LogP contribution in [-0.4, -0.2) is 48.5 Å². The highest BCUT2D eigenvalue weighted by Crippen LogP contribution is 2.32. The molecule has 8 nitrogen and oxygen atoms in total. The summed E-state index contributed by atoms with van der Waals surface area (Å²) >= 11 is 0. The largest absolute Gasteiger partial charge is 0.497 e. The zero-order valence-corrected chi connectivity index (χ0v) is 16.2. The van der Waals surface area contributed by atoms with Crippen LogP contribution in [0.15, 0.2) is 41.1 Å². The molecule has 1 unspecified atom stereocenters. The predicted molar refractivity (Wildman–Crippen MR) is 106 cm³/mol. The van der Waals surface area contributed by atoms with Crippen LogP contribution >= 0.6 is 0 Å². The van der Waals surface area contributed by atoms with Crippen LogP contribution in [0.5, 0.6) is 11.5 Å². The Morgan fingerprint density at radius 3 is 2.64 bits per heavy atom. The highest BCUT2D eigenvalue weighted by molar-refractivity contribution is 5.69. The van der Waals surface area contributed by atoms with Crippen molar-refractivity contribution < 1.29 is 14.0 Å². The Labute approximate surface area is 163 Å². The van der Waals surface area contributed by atoms with Crippen molar-refractivity contribution in [3.8, 4) is 23.0 Å². The van der Waals surface area contributed by atoms with Crippen molar-refractivity contribution in [2.24, 2.45) is 0 Å². The first-order valence-electron chi connectivity index (χ1n) is 9.16. The number of pyridine rings is 1. The number of nitrogens with zero attached hydrogens (tertiary/aromatic N) is 4. The topological polar surface area (TPSA) is 85.5 Å². The van der Waals surface area contributed by atoms with E-state index in [1.165, 1.54) is 0 Å². The maximum atomic E-state index is 5.39. The van der Waals surface area contributed by atoms with Gasteiger partial charge in [-0.05, 0) is 25.5 Å². The Morgan fingerprint density at radius 2 is 1.96 bits per heavy atom. The minimum absolute atomic E-state index is 0.245. The first-order chi connectivity index (χ1) is 13.7. The van der Waals surface area contributed by atoms with Crippen molar-refractivity contribution in [2.45, 2.75) is 19.4 Å². The van der Waals surface area contributed by atoms with Crippen LogP contribution in [0.4, 0.5) is 11.5 Å². The number of hydrogen-bond acceptors (Lipinski definition) is 8. The van der Waals surface area contributed by atoms with E-state index in [2.05, 4.69) is 25.3 Å². The summed E-state index contributed by atoms with van der Waals surface area (Å²) in [7, 11) is 3.32. The number of ether oxygens (including phenoxy) is 2. The number of benzene rings is 1. The minimum atomic E-state index is 0.245. The first-order valence-corrected chi connectivity index (χ1v) is 9.16. The van der Waals surface area contributed by atoms with E-state index >= 15 is 0 Å². The second-order valence-corrected chi connectivity index (χ2v) is 6.69. The van der Waals surface area contributed by atoms with Gasteiger partial charge in [-0.15, -0.1) is 0 Å². The van der Waals surface area contributed by atoms with Gasteiger partial charge in [0.25, 0.3) is 5.89 Å². The fourth-order valence-corrected chi connectivity index (χ4v) is 3.38. The highest BCUT2D eigenvalue weighted by atomic mass is 16.5. The monoisotopic (exact) mass is 381 g/mol. The van der Waals surface area contributed by atoms with Crippen molar-refractivity contribution in [3.63, 3.8) is 0 Å². The number of rotatable bonds is 6. The fraction of sp³-hybridized carbons (Fsp3) is 0.350. The molecule has 0 saturated carbocycles. The van der Waals surface area contributed by atoms with Gasteiger partial charge in [0.2, 0.25) is 0 Å². The van der Waals surface area contributed by atoms with E-state index < -0.39 is 0 Å². The lowest BCUT2D eigenvalue weighted by Crippen LogP contribution is -2.26. The van der Waals surface area contributed by atoms with E-state index in [9.17, 15) is 0 Å². The van der Waals surface area contributed by atoms with E-state index in [4.69, 9.17) is 14.0 Å². The molecule has 146 valence electrons. The van der Waals surface area contributed by atoms with E-state index in [1.54, 1.807) is 27.3 Å². The van der Waals surface area contributed by atoms with Gasteiger partial charge in [-0.1, -0.05) is 5.16 Å². The molecule has 1 aromatic carbocycles. The summed E-state index contributed by atoms with van der Waals surface area (Å²) in [5.74, 6) is 3.39. The van der Waals surface area contributed by atoms with Crippen LogP contribution in [0.2, 0.25) is 0 Å². The van der Waals surface area contributed by atoms with E-state index in [0.717, 1.165) is 48.1 Å². The number of aryl methyl sites for hydroxylation is 1. The zero-order chi connectivity index (χ0) is 19.5. The molecule has 0 spiro atoms. The van der Waals surface area contributed by atoms with Crippen LogP contribution in [0.3, 0.4) is 0 Å². The molecule has 1 N–H and O–H groups in total. The highest BCUT2D eigenvalue weighted by Gasteiger charge is 2.25. The van der Waals surface area contributed by atoms with Gasteiger partial charge < -0.3 is 24.2 Å². The van der Waals surface area contributed by atoms with E-state index in [0.29, 0.717) is 11.7 Å². The molecule has 1 fully saturated rings. The standard InChI is InChI=1S/C20H23N5O3/c1-13-22-20(28-24-13)18-5-4-7-21-19(18)23-14-6-8-25(12-14)15-9-16(26-2)11-17(10-15)27-3/h4-5,7,9-11,14H,6,8,12H2,1-3H3,(H,21,23). The number of aromatic nitrogens is 3. The zero-order valence-electron chi connectivity index (χ0n) is 16.2. The molecule has 0 aliphatic carbocycles. The summed E-state index contributed by atoms with van der Waals surface area (Å²) < 4.78 is 16.1. The molecule has 0 bridgehead atoms. The number of hydrogen-bond donors (Lipinski definition) is 1. The Hall–Kier alpha value is -3.29. The molecule has 8 heteroatoms. The number of anilines is 2. The molecule has 1 saturated heterocycles. The first kappa shape index (κ1) is 18.1. The predicted octanol–water partition coefficient (Wildman–Crippen LogP) is 3.15. The van der Waals surface area contributed by atoms with Crippen molar-refractivity contribution in [2.75, 3.05) is 37.5 Å². The van der Waals surface area contributed by atoms with Crippen LogP contribution in [0.1, 0.15) is 12.2 Å². The van der Waals surface area contributed by atoms with Crippen molar-refractivity contribution in [1.82, 2.24) is 15.1 Å². The second-order valence-electron chi connectivity index (χ2n) is 6.69. The lowest BCUT2D eigenvalue weighted by molar-refractivity contribution is 0.394. The van der Waals surface area contributed by atoms with Gasteiger partial charge >= 0.3 is 0 Å². The molecular weight excluding hydrogens is 358 g/mol. The van der Waals surface area contributed by atoms with Crippen LogP contribution in [0, 0.1) is 6.92 Å². The van der Waals surface area contributed by atoms with Crippen LogP contribution in [-0.2, 0) is 0 Å². The second kappa shape index (κ2) is 7.75. The third-order valence-electron chi connectivity index (χ3n) is 4.80. The van der Waals surface area contributed by atoms with Gasteiger partial charge in [-0.2, -0.15) is 4.98 Å². The Balaban J connectivity index is 1.51. The maximum absolute atomic E-state index is 5.39. The molecule has 1 aliphatic rings. The van der Waals surface area contributed by atoms with E-state index in [1.807, 2.05) is 30.3 Å². The van der Waals surface area contributed by atoms with Crippen molar-refractivity contribution in [3.05, 3.63) is 42.4 Å². The molecule has 4 rings (SSSR count). The Bertz CT molecular complexity index is 936. The summed E-state index contributed by atoms with van der Waals surface area (Å²) in [5.41, 5.74) is 1.89. The Morgan fingerprint density at radius 1 is 1.18 bits per heavy atom. The minimum Gasteiger partial charge on any atom is -0.497 e. The molecule has 1 atom stereocenters. The molecule has 3 aromatic rings. The average Bonchev–Trinajstić information content (AvgIpc) is 3.37. The molecule has 1 aliphatic heterocycles. The van der Waals surface area contributed by atoms with Gasteiger partial charge in [0.1, 0.15) is 17.3 Å². The van der Waals surface area contributed by atoms with Gasteiger partial charge in [0, 0.05) is 49.2 Å². The molecular formula is C20H23N5O3. The van der Waals surface area contributed by atoms with Crippen molar-refractivity contribution >= 4 is 11.5 Å². The molecule has 3 heterocycles. The summed E-state index contributed by atoms with van der Waals surface area (Å²) in [4.78, 5) is 11.1. The third-order valence-corrected chi connectivity index (χ3v) is 4.80. The summed E-state index contributed by atoms with van der Waals surface area (Å²) in [6, 6.07) is 9.97. The summed E-state index contributed by atoms with van der Waals surface area (Å²) in [6.45, 7) is 3.57. The normalized spacial score (nSPS) is 16.2. The van der Waals surface area contributed by atoms with Crippen LogP contribution < -0.4 is 19.7 Å². The van der Waals surface area contributed by atoms with Crippen LogP contribution in [0.25, 0.3) is 11.5 Å². The van der Waals surface area contributed by atoms with Crippen molar-refractivity contribution in [1.29, 1.82) is 0 Å². The Kier molecular flexibility index (Phi) is 5.01. The SMILES string of the molecule is COc1cc(OC)cc(N2CCC(Nc3ncccc3-c3nc(C)no3)C2)c1.